The van der Waals surface area contributed by atoms with Gasteiger partial charge in [-0.15, -0.1) is 0 Å². The van der Waals surface area contributed by atoms with Crippen molar-refractivity contribution in [2.24, 2.45) is 0 Å². The molecule has 0 saturated carbocycles. The van der Waals surface area contributed by atoms with Crippen LogP contribution in [0.3, 0.4) is 0 Å². The third-order valence-electron chi connectivity index (χ3n) is 4.33. The lowest BCUT2D eigenvalue weighted by atomic mass is 10.0. The summed E-state index contributed by atoms with van der Waals surface area (Å²) in [6.07, 6.45) is 3.95. The first kappa shape index (κ1) is 16.8. The Morgan fingerprint density at radius 1 is 1.25 bits per heavy atom. The van der Waals surface area contributed by atoms with Gasteiger partial charge in [-0.1, -0.05) is 18.1 Å². The van der Waals surface area contributed by atoms with E-state index in [4.69, 9.17) is 18.7 Å². The Morgan fingerprint density at radius 2 is 2.08 bits per heavy atom. The quantitative estimate of drug-likeness (QED) is 0.776. The molecule has 0 amide bonds. The van der Waals surface area contributed by atoms with Crippen molar-refractivity contribution in [2.75, 3.05) is 20.8 Å². The van der Waals surface area contributed by atoms with Crippen LogP contribution in [-0.4, -0.2) is 37.1 Å². The summed E-state index contributed by atoms with van der Waals surface area (Å²) in [6, 6.07) is 5.93. The molecule has 1 aliphatic rings. The van der Waals surface area contributed by atoms with Crippen LogP contribution in [0.1, 0.15) is 43.0 Å². The number of benzene rings is 1. The number of hydrogen-bond donors (Lipinski definition) is 0. The zero-order chi connectivity index (χ0) is 16.9. The molecule has 1 aromatic heterocycles. The van der Waals surface area contributed by atoms with Crippen LogP contribution in [0.4, 0.5) is 0 Å². The Labute approximate surface area is 142 Å². The minimum absolute atomic E-state index is 0.133. The predicted molar refractivity (Wildman–Crippen MR) is 88.6 cm³/mol. The highest BCUT2D eigenvalue weighted by atomic mass is 16.5. The van der Waals surface area contributed by atoms with Gasteiger partial charge in [0.25, 0.3) is 0 Å². The highest BCUT2D eigenvalue weighted by molar-refractivity contribution is 5.43. The van der Waals surface area contributed by atoms with Crippen molar-refractivity contribution in [3.8, 4) is 11.5 Å². The van der Waals surface area contributed by atoms with Gasteiger partial charge >= 0.3 is 0 Å². The van der Waals surface area contributed by atoms with Gasteiger partial charge in [0, 0.05) is 18.9 Å². The second kappa shape index (κ2) is 7.66. The second-order valence-electron chi connectivity index (χ2n) is 6.18. The van der Waals surface area contributed by atoms with Gasteiger partial charge in [-0.3, -0.25) is 0 Å². The summed E-state index contributed by atoms with van der Waals surface area (Å²) in [4.78, 5) is 4.53. The topological polar surface area (TPSA) is 66.6 Å². The van der Waals surface area contributed by atoms with Crippen LogP contribution >= 0.6 is 0 Å². The SMILES string of the molecule is COc1ccc(C[C@H](C)c2nc(C[C@@H]3CCCO3)no2)cc1OC. The molecular formula is C18H24N2O4. The second-order valence-corrected chi connectivity index (χ2v) is 6.18. The first-order valence-corrected chi connectivity index (χ1v) is 8.34. The van der Waals surface area contributed by atoms with E-state index >= 15 is 0 Å². The smallest absolute Gasteiger partial charge is 0.229 e. The molecule has 2 heterocycles. The van der Waals surface area contributed by atoms with Crippen LogP contribution < -0.4 is 9.47 Å². The lowest BCUT2D eigenvalue weighted by Gasteiger charge is -2.11. The molecule has 6 nitrogen and oxygen atoms in total. The lowest BCUT2D eigenvalue weighted by Crippen LogP contribution is -2.10. The summed E-state index contributed by atoms with van der Waals surface area (Å²) in [5.74, 6) is 2.99. The van der Waals surface area contributed by atoms with Gasteiger partial charge in [-0.2, -0.15) is 4.98 Å². The van der Waals surface area contributed by atoms with E-state index < -0.39 is 0 Å². The van der Waals surface area contributed by atoms with E-state index in [9.17, 15) is 0 Å². The predicted octanol–water partition coefficient (Wildman–Crippen LogP) is 3.15. The van der Waals surface area contributed by atoms with Crippen molar-refractivity contribution >= 4 is 0 Å². The number of hydrogen-bond acceptors (Lipinski definition) is 6. The number of aromatic nitrogens is 2. The molecule has 1 aromatic carbocycles. The molecule has 2 atom stereocenters. The lowest BCUT2D eigenvalue weighted by molar-refractivity contribution is 0.109. The molecule has 3 rings (SSSR count). The maximum absolute atomic E-state index is 5.62. The van der Waals surface area contributed by atoms with Crippen molar-refractivity contribution in [1.82, 2.24) is 10.1 Å². The minimum Gasteiger partial charge on any atom is -0.493 e. The number of rotatable bonds is 7. The number of nitrogens with zero attached hydrogens (tertiary/aromatic N) is 2. The standard InChI is InChI=1S/C18H24N2O4/c1-12(9-13-6-7-15(21-2)16(10-13)22-3)18-19-17(20-24-18)11-14-5-4-8-23-14/h6-7,10,12,14H,4-5,8-9,11H2,1-3H3/t12-,14-/m0/s1. The molecule has 0 bridgehead atoms. The summed E-state index contributed by atoms with van der Waals surface area (Å²) in [6.45, 7) is 2.92. The van der Waals surface area contributed by atoms with Crippen LogP contribution in [0.15, 0.2) is 22.7 Å². The van der Waals surface area contributed by atoms with Gasteiger partial charge in [0.1, 0.15) is 0 Å². The Hall–Kier alpha value is -2.08. The van der Waals surface area contributed by atoms with Crippen LogP contribution in [0, 0.1) is 0 Å². The van der Waals surface area contributed by atoms with E-state index in [-0.39, 0.29) is 12.0 Å². The van der Waals surface area contributed by atoms with Crippen molar-refractivity contribution in [3.05, 3.63) is 35.5 Å². The Balaban J connectivity index is 1.64. The third-order valence-corrected chi connectivity index (χ3v) is 4.33. The molecule has 1 saturated heterocycles. The Morgan fingerprint density at radius 3 is 2.79 bits per heavy atom. The maximum atomic E-state index is 5.62. The maximum Gasteiger partial charge on any atom is 0.229 e. The molecule has 0 aliphatic carbocycles. The van der Waals surface area contributed by atoms with E-state index in [0.29, 0.717) is 5.89 Å². The van der Waals surface area contributed by atoms with Crippen molar-refractivity contribution in [1.29, 1.82) is 0 Å². The summed E-state index contributed by atoms with van der Waals surface area (Å²) < 4.78 is 21.7. The normalized spacial score (nSPS) is 18.5. The first-order chi connectivity index (χ1) is 11.7. The van der Waals surface area contributed by atoms with E-state index in [1.165, 1.54) is 0 Å². The molecule has 2 aromatic rings. The summed E-state index contributed by atoms with van der Waals surface area (Å²) in [7, 11) is 3.27. The van der Waals surface area contributed by atoms with Crippen molar-refractivity contribution in [3.63, 3.8) is 0 Å². The van der Waals surface area contributed by atoms with Crippen molar-refractivity contribution in [2.45, 2.75) is 44.6 Å². The van der Waals surface area contributed by atoms with Gasteiger partial charge in [0.2, 0.25) is 5.89 Å². The van der Waals surface area contributed by atoms with Crippen molar-refractivity contribution < 1.29 is 18.7 Å². The van der Waals surface area contributed by atoms with Crippen LogP contribution in [0.25, 0.3) is 0 Å². The fourth-order valence-electron chi connectivity index (χ4n) is 3.01. The first-order valence-electron chi connectivity index (χ1n) is 8.34. The van der Waals surface area contributed by atoms with Gasteiger partial charge in [0.05, 0.1) is 20.3 Å². The van der Waals surface area contributed by atoms with Gasteiger partial charge < -0.3 is 18.7 Å². The average molecular weight is 332 g/mol. The molecule has 0 N–H and O–H groups in total. The molecule has 0 unspecified atom stereocenters. The molecule has 0 radical (unpaired) electrons. The molecule has 24 heavy (non-hydrogen) atoms. The number of methoxy groups -OCH3 is 2. The Bertz CT molecular complexity index is 665. The fourth-order valence-corrected chi connectivity index (χ4v) is 3.01. The Kier molecular flexibility index (Phi) is 5.35. The minimum atomic E-state index is 0.133. The summed E-state index contributed by atoms with van der Waals surface area (Å²) in [5.41, 5.74) is 1.14. The highest BCUT2D eigenvalue weighted by Gasteiger charge is 2.21. The highest BCUT2D eigenvalue weighted by Crippen LogP contribution is 2.30. The molecular weight excluding hydrogens is 308 g/mol. The van der Waals surface area contributed by atoms with E-state index in [1.807, 2.05) is 18.2 Å². The van der Waals surface area contributed by atoms with E-state index in [1.54, 1.807) is 14.2 Å². The summed E-state index contributed by atoms with van der Waals surface area (Å²) >= 11 is 0. The van der Waals surface area contributed by atoms with Gasteiger partial charge in [-0.25, -0.2) is 0 Å². The molecule has 130 valence electrons. The van der Waals surface area contributed by atoms with Crippen LogP contribution in [-0.2, 0) is 17.6 Å². The zero-order valence-electron chi connectivity index (χ0n) is 14.4. The largest absolute Gasteiger partial charge is 0.493 e. The van der Waals surface area contributed by atoms with Crippen LogP contribution in [0.2, 0.25) is 0 Å². The molecule has 1 aliphatic heterocycles. The van der Waals surface area contributed by atoms with Gasteiger partial charge in [-0.05, 0) is 37.0 Å². The molecule has 6 heteroatoms. The monoisotopic (exact) mass is 332 g/mol. The fraction of sp³-hybridized carbons (Fsp3) is 0.556. The summed E-state index contributed by atoms with van der Waals surface area (Å²) in [5, 5.41) is 4.09. The molecule has 1 fully saturated rings. The van der Waals surface area contributed by atoms with Crippen LogP contribution in [0.5, 0.6) is 11.5 Å². The van der Waals surface area contributed by atoms with Gasteiger partial charge in [0.15, 0.2) is 17.3 Å². The third kappa shape index (κ3) is 3.87. The number of ether oxygens (including phenoxy) is 3. The van der Waals surface area contributed by atoms with E-state index in [2.05, 4.69) is 17.1 Å². The average Bonchev–Trinajstić information content (AvgIpc) is 3.27. The molecule has 0 spiro atoms. The zero-order valence-corrected chi connectivity index (χ0v) is 14.4. The van der Waals surface area contributed by atoms with E-state index in [0.717, 1.165) is 55.2 Å².